The fourth-order valence-corrected chi connectivity index (χ4v) is 2.15. The average molecular weight is 271 g/mol. The van der Waals surface area contributed by atoms with E-state index in [2.05, 4.69) is 5.32 Å². The van der Waals surface area contributed by atoms with Crippen LogP contribution in [0.4, 0.5) is 8.78 Å². The molecule has 1 aliphatic rings. The van der Waals surface area contributed by atoms with Gasteiger partial charge >= 0.3 is 0 Å². The van der Waals surface area contributed by atoms with Crippen molar-refractivity contribution in [1.29, 1.82) is 0 Å². The van der Waals surface area contributed by atoms with E-state index in [1.54, 1.807) is 12.1 Å². The van der Waals surface area contributed by atoms with Crippen LogP contribution in [0.3, 0.4) is 0 Å². The third kappa shape index (κ3) is 4.23. The van der Waals surface area contributed by atoms with Gasteiger partial charge in [0.2, 0.25) is 0 Å². The molecule has 1 fully saturated rings. The fraction of sp³-hybridized carbons (Fsp3) is 0.571. The van der Waals surface area contributed by atoms with Crippen molar-refractivity contribution in [3.05, 3.63) is 35.4 Å². The topological polar surface area (TPSA) is 41.5 Å². The second kappa shape index (κ2) is 6.41. The van der Waals surface area contributed by atoms with Gasteiger partial charge in [0.05, 0.1) is 5.60 Å². The molecule has 1 aromatic rings. The van der Waals surface area contributed by atoms with Gasteiger partial charge < -0.3 is 15.2 Å². The van der Waals surface area contributed by atoms with Crippen LogP contribution in [0.5, 0.6) is 0 Å². The van der Waals surface area contributed by atoms with Crippen molar-refractivity contribution in [2.45, 2.75) is 31.4 Å². The number of rotatable bonds is 5. The molecule has 0 amide bonds. The Hall–Kier alpha value is -1.04. The lowest BCUT2D eigenvalue weighted by Crippen LogP contribution is -2.44. The maximum atomic E-state index is 12.4. The molecule has 0 saturated carbocycles. The summed E-state index contributed by atoms with van der Waals surface area (Å²) in [5, 5.41) is 13.4. The fourth-order valence-electron chi connectivity index (χ4n) is 2.15. The summed E-state index contributed by atoms with van der Waals surface area (Å²) in [5.41, 5.74) is 0.258. The summed E-state index contributed by atoms with van der Waals surface area (Å²) in [6.07, 6.45) is -1.17. The summed E-state index contributed by atoms with van der Waals surface area (Å²) in [6, 6.07) is 6.24. The number of nitrogens with one attached hydrogen (secondary N) is 1. The Labute approximate surface area is 111 Å². The molecule has 0 aliphatic carbocycles. The Bertz CT molecular complexity index is 389. The van der Waals surface area contributed by atoms with Crippen molar-refractivity contribution in [3.63, 3.8) is 0 Å². The van der Waals surface area contributed by atoms with Crippen LogP contribution < -0.4 is 5.32 Å². The summed E-state index contributed by atoms with van der Waals surface area (Å²) in [5.74, 6) is 0. The molecular weight excluding hydrogens is 252 g/mol. The number of alkyl halides is 2. The van der Waals surface area contributed by atoms with E-state index in [-0.39, 0.29) is 5.56 Å². The van der Waals surface area contributed by atoms with Crippen molar-refractivity contribution in [2.24, 2.45) is 0 Å². The first kappa shape index (κ1) is 14.4. The summed E-state index contributed by atoms with van der Waals surface area (Å²) >= 11 is 0. The number of hydrogen-bond acceptors (Lipinski definition) is 3. The highest BCUT2D eigenvalue weighted by molar-refractivity contribution is 5.23. The Morgan fingerprint density at radius 3 is 2.42 bits per heavy atom. The lowest BCUT2D eigenvalue weighted by molar-refractivity contribution is -0.0617. The van der Waals surface area contributed by atoms with Crippen LogP contribution in [-0.4, -0.2) is 30.5 Å². The SMILES string of the molecule is OC1(CNCc2ccc(C(F)F)cc2)CCOCC1. The van der Waals surface area contributed by atoms with Crippen molar-refractivity contribution < 1.29 is 18.6 Å². The maximum Gasteiger partial charge on any atom is 0.263 e. The molecule has 2 N–H and O–H groups in total. The summed E-state index contributed by atoms with van der Waals surface area (Å²) < 4.78 is 30.0. The third-order valence-corrected chi connectivity index (χ3v) is 3.44. The zero-order chi connectivity index (χ0) is 13.7. The van der Waals surface area contributed by atoms with Crippen LogP contribution in [0.15, 0.2) is 24.3 Å². The summed E-state index contributed by atoms with van der Waals surface area (Å²) in [7, 11) is 0. The van der Waals surface area contributed by atoms with Gasteiger partial charge in [-0.2, -0.15) is 0 Å². The molecule has 0 aromatic heterocycles. The van der Waals surface area contributed by atoms with Gasteiger partial charge in [-0.1, -0.05) is 24.3 Å². The molecular formula is C14H19F2NO2. The highest BCUT2D eigenvalue weighted by Gasteiger charge is 2.28. The predicted molar refractivity (Wildman–Crippen MR) is 68.1 cm³/mol. The van der Waals surface area contributed by atoms with Gasteiger partial charge in [-0.25, -0.2) is 8.78 Å². The monoisotopic (exact) mass is 271 g/mol. The van der Waals surface area contributed by atoms with Crippen molar-refractivity contribution in [1.82, 2.24) is 5.32 Å². The summed E-state index contributed by atoms with van der Waals surface area (Å²) in [6.45, 7) is 2.22. The number of aliphatic hydroxyl groups is 1. The lowest BCUT2D eigenvalue weighted by atomic mass is 9.94. The first-order chi connectivity index (χ1) is 9.09. The molecule has 1 heterocycles. The Morgan fingerprint density at radius 1 is 1.21 bits per heavy atom. The minimum absolute atomic E-state index is 0.0341. The average Bonchev–Trinajstić information content (AvgIpc) is 2.40. The van der Waals surface area contributed by atoms with Crippen molar-refractivity contribution in [2.75, 3.05) is 19.8 Å². The van der Waals surface area contributed by atoms with E-state index in [4.69, 9.17) is 4.74 Å². The first-order valence-corrected chi connectivity index (χ1v) is 6.47. The van der Waals surface area contributed by atoms with Gasteiger partial charge in [0, 0.05) is 44.7 Å². The highest BCUT2D eigenvalue weighted by Crippen LogP contribution is 2.20. The van der Waals surface area contributed by atoms with Crippen LogP contribution in [0.1, 0.15) is 30.4 Å². The normalized spacial score (nSPS) is 18.7. The minimum Gasteiger partial charge on any atom is -0.388 e. The first-order valence-electron chi connectivity index (χ1n) is 6.47. The predicted octanol–water partition coefficient (Wildman–Crippen LogP) is 2.26. The molecule has 0 radical (unpaired) electrons. The summed E-state index contributed by atoms with van der Waals surface area (Å²) in [4.78, 5) is 0. The van der Waals surface area contributed by atoms with Gasteiger partial charge in [-0.3, -0.25) is 0 Å². The molecule has 106 valence electrons. The molecule has 0 spiro atoms. The molecule has 2 rings (SSSR count). The maximum absolute atomic E-state index is 12.4. The largest absolute Gasteiger partial charge is 0.388 e. The van der Waals surface area contributed by atoms with Crippen LogP contribution in [-0.2, 0) is 11.3 Å². The Balaban J connectivity index is 1.79. The van der Waals surface area contributed by atoms with Crippen molar-refractivity contribution in [3.8, 4) is 0 Å². The minimum atomic E-state index is -2.43. The smallest absolute Gasteiger partial charge is 0.263 e. The second-order valence-corrected chi connectivity index (χ2v) is 4.98. The molecule has 0 unspecified atom stereocenters. The molecule has 0 bridgehead atoms. The van der Waals surface area contributed by atoms with E-state index in [1.807, 2.05) is 0 Å². The Morgan fingerprint density at radius 2 is 1.84 bits per heavy atom. The highest BCUT2D eigenvalue weighted by atomic mass is 19.3. The molecule has 19 heavy (non-hydrogen) atoms. The zero-order valence-corrected chi connectivity index (χ0v) is 10.7. The molecule has 1 saturated heterocycles. The second-order valence-electron chi connectivity index (χ2n) is 4.98. The van der Waals surface area contributed by atoms with Gasteiger partial charge in [0.25, 0.3) is 6.43 Å². The van der Waals surface area contributed by atoms with Gasteiger partial charge in [-0.15, -0.1) is 0 Å². The van der Waals surface area contributed by atoms with Gasteiger partial charge in [0.1, 0.15) is 0 Å². The lowest BCUT2D eigenvalue weighted by Gasteiger charge is -2.32. The van der Waals surface area contributed by atoms with E-state index in [1.165, 1.54) is 12.1 Å². The molecule has 0 atom stereocenters. The number of hydrogen-bond donors (Lipinski definition) is 2. The van der Waals surface area contributed by atoms with Crippen LogP contribution in [0.2, 0.25) is 0 Å². The third-order valence-electron chi connectivity index (χ3n) is 3.44. The van der Waals surface area contributed by atoms with E-state index >= 15 is 0 Å². The van der Waals surface area contributed by atoms with E-state index in [0.717, 1.165) is 5.56 Å². The van der Waals surface area contributed by atoms with Gasteiger partial charge in [-0.05, 0) is 5.56 Å². The molecule has 3 nitrogen and oxygen atoms in total. The standard InChI is InChI=1S/C14H19F2NO2/c15-13(16)12-3-1-11(2-4-12)9-17-10-14(18)5-7-19-8-6-14/h1-4,13,17-18H,5-10H2. The zero-order valence-electron chi connectivity index (χ0n) is 10.7. The van der Waals surface area contributed by atoms with Gasteiger partial charge in [0.15, 0.2) is 0 Å². The Kier molecular flexibility index (Phi) is 4.85. The number of benzene rings is 1. The molecule has 1 aliphatic heterocycles. The number of halogens is 2. The molecule has 5 heteroatoms. The van der Waals surface area contributed by atoms with E-state index in [9.17, 15) is 13.9 Å². The van der Waals surface area contributed by atoms with Crippen LogP contribution >= 0.6 is 0 Å². The van der Waals surface area contributed by atoms with E-state index < -0.39 is 12.0 Å². The van der Waals surface area contributed by atoms with E-state index in [0.29, 0.717) is 39.1 Å². The van der Waals surface area contributed by atoms with Crippen molar-refractivity contribution >= 4 is 0 Å². The van der Waals surface area contributed by atoms with Crippen LogP contribution in [0.25, 0.3) is 0 Å². The van der Waals surface area contributed by atoms with Crippen LogP contribution in [0, 0.1) is 0 Å². The number of ether oxygens (including phenoxy) is 1. The quantitative estimate of drug-likeness (QED) is 0.863. The molecule has 1 aromatic carbocycles.